The van der Waals surface area contributed by atoms with Gasteiger partial charge in [-0.3, -0.25) is 4.99 Å². The van der Waals surface area contributed by atoms with Crippen LogP contribution in [-0.2, 0) is 0 Å². The molecule has 1 aromatic rings. The maximum Gasteiger partial charge on any atom is 0.157 e. The minimum absolute atomic E-state index is 0.348. The SMILES string of the molecule is CCC(NC1=NCC(C)(C)CS1)c1cccs1. The first-order valence-electron chi connectivity index (χ1n) is 6.08. The molecule has 0 amide bonds. The molecular weight excluding hydrogens is 248 g/mol. The largest absolute Gasteiger partial charge is 0.357 e. The van der Waals surface area contributed by atoms with Crippen molar-refractivity contribution in [2.75, 3.05) is 12.3 Å². The van der Waals surface area contributed by atoms with Gasteiger partial charge in [-0.1, -0.05) is 38.6 Å². The zero-order valence-electron chi connectivity index (χ0n) is 10.7. The zero-order valence-corrected chi connectivity index (χ0v) is 12.3. The van der Waals surface area contributed by atoms with E-state index in [1.165, 1.54) is 4.88 Å². The fourth-order valence-corrected chi connectivity index (χ4v) is 3.60. The Morgan fingerprint density at radius 1 is 1.53 bits per heavy atom. The second kappa shape index (κ2) is 5.44. The Labute approximate surface area is 112 Å². The Bertz CT molecular complexity index is 382. The number of amidine groups is 1. The zero-order chi connectivity index (χ0) is 12.3. The van der Waals surface area contributed by atoms with Gasteiger partial charge in [0.25, 0.3) is 0 Å². The second-order valence-corrected chi connectivity index (χ2v) is 7.14. The molecule has 0 aromatic carbocycles. The van der Waals surface area contributed by atoms with Crippen molar-refractivity contribution in [1.82, 2.24) is 5.32 Å². The van der Waals surface area contributed by atoms with E-state index in [1.807, 2.05) is 23.1 Å². The Kier molecular flexibility index (Phi) is 4.15. The number of hydrogen-bond donors (Lipinski definition) is 1. The van der Waals surface area contributed by atoms with E-state index in [0.29, 0.717) is 11.5 Å². The Morgan fingerprint density at radius 2 is 2.35 bits per heavy atom. The highest BCUT2D eigenvalue weighted by atomic mass is 32.2. The fraction of sp³-hybridized carbons (Fsp3) is 0.615. The van der Waals surface area contributed by atoms with Gasteiger partial charge in [0.05, 0.1) is 6.04 Å². The van der Waals surface area contributed by atoms with E-state index in [0.717, 1.165) is 23.9 Å². The van der Waals surface area contributed by atoms with Crippen molar-refractivity contribution in [1.29, 1.82) is 0 Å². The van der Waals surface area contributed by atoms with Crippen LogP contribution < -0.4 is 5.32 Å². The minimum Gasteiger partial charge on any atom is -0.357 e. The third kappa shape index (κ3) is 3.49. The van der Waals surface area contributed by atoms with Gasteiger partial charge in [0, 0.05) is 17.2 Å². The highest BCUT2D eigenvalue weighted by molar-refractivity contribution is 8.13. The quantitative estimate of drug-likeness (QED) is 0.898. The molecule has 94 valence electrons. The van der Waals surface area contributed by atoms with Crippen LogP contribution in [0, 0.1) is 5.41 Å². The molecule has 0 fully saturated rings. The fourth-order valence-electron chi connectivity index (χ4n) is 1.74. The molecule has 1 N–H and O–H groups in total. The molecule has 0 radical (unpaired) electrons. The van der Waals surface area contributed by atoms with E-state index in [4.69, 9.17) is 0 Å². The van der Waals surface area contributed by atoms with Crippen molar-refractivity contribution in [3.63, 3.8) is 0 Å². The molecule has 0 spiro atoms. The third-order valence-corrected chi connectivity index (χ3v) is 5.28. The molecule has 1 aliphatic heterocycles. The van der Waals surface area contributed by atoms with Gasteiger partial charge < -0.3 is 5.32 Å². The molecule has 1 atom stereocenters. The van der Waals surface area contributed by atoms with Crippen LogP contribution in [0.5, 0.6) is 0 Å². The van der Waals surface area contributed by atoms with Gasteiger partial charge in [-0.05, 0) is 23.3 Å². The van der Waals surface area contributed by atoms with Crippen LogP contribution in [-0.4, -0.2) is 17.5 Å². The summed E-state index contributed by atoms with van der Waals surface area (Å²) < 4.78 is 0. The van der Waals surface area contributed by atoms with Crippen LogP contribution >= 0.6 is 23.1 Å². The predicted octanol–water partition coefficient (Wildman–Crippen LogP) is 3.92. The second-order valence-electron chi connectivity index (χ2n) is 5.19. The summed E-state index contributed by atoms with van der Waals surface area (Å²) in [5.41, 5.74) is 0.348. The van der Waals surface area contributed by atoms with Crippen molar-refractivity contribution in [3.05, 3.63) is 22.4 Å². The molecule has 0 saturated heterocycles. The topological polar surface area (TPSA) is 24.4 Å². The van der Waals surface area contributed by atoms with Crippen molar-refractivity contribution in [3.8, 4) is 0 Å². The van der Waals surface area contributed by atoms with Crippen LogP contribution in [0.15, 0.2) is 22.5 Å². The number of aliphatic imine (C=N–C) groups is 1. The molecule has 17 heavy (non-hydrogen) atoms. The van der Waals surface area contributed by atoms with E-state index in [-0.39, 0.29) is 0 Å². The molecule has 0 aliphatic carbocycles. The molecule has 2 heterocycles. The van der Waals surface area contributed by atoms with Crippen molar-refractivity contribution < 1.29 is 0 Å². The Balaban J connectivity index is 1.99. The lowest BCUT2D eigenvalue weighted by Gasteiger charge is -2.29. The predicted molar refractivity (Wildman–Crippen MR) is 79.0 cm³/mol. The number of nitrogens with one attached hydrogen (secondary N) is 1. The molecule has 0 bridgehead atoms. The first-order valence-corrected chi connectivity index (χ1v) is 7.94. The molecule has 4 heteroatoms. The van der Waals surface area contributed by atoms with Crippen LogP contribution in [0.1, 0.15) is 38.1 Å². The maximum atomic E-state index is 4.65. The molecule has 2 rings (SSSR count). The van der Waals surface area contributed by atoms with Gasteiger partial charge in [0.2, 0.25) is 0 Å². The molecular formula is C13H20N2S2. The smallest absolute Gasteiger partial charge is 0.157 e. The first kappa shape index (κ1) is 13.0. The number of thiophene rings is 1. The van der Waals surface area contributed by atoms with E-state index < -0.39 is 0 Å². The Morgan fingerprint density at radius 3 is 2.88 bits per heavy atom. The first-order chi connectivity index (χ1) is 8.11. The van der Waals surface area contributed by atoms with Crippen molar-refractivity contribution in [2.45, 2.75) is 33.2 Å². The monoisotopic (exact) mass is 268 g/mol. The van der Waals surface area contributed by atoms with E-state index in [9.17, 15) is 0 Å². The van der Waals surface area contributed by atoms with Gasteiger partial charge in [-0.2, -0.15) is 0 Å². The molecule has 1 aromatic heterocycles. The van der Waals surface area contributed by atoms with Gasteiger partial charge in [-0.25, -0.2) is 0 Å². The third-order valence-electron chi connectivity index (χ3n) is 2.84. The number of nitrogens with zero attached hydrogens (tertiary/aromatic N) is 1. The molecule has 0 saturated carbocycles. The lowest BCUT2D eigenvalue weighted by atomic mass is 9.97. The summed E-state index contributed by atoms with van der Waals surface area (Å²) in [6, 6.07) is 4.73. The highest BCUT2D eigenvalue weighted by Crippen LogP contribution is 2.29. The summed E-state index contributed by atoms with van der Waals surface area (Å²) in [5, 5.41) is 6.82. The summed E-state index contributed by atoms with van der Waals surface area (Å²) in [6.45, 7) is 7.70. The van der Waals surface area contributed by atoms with Gasteiger partial charge in [0.15, 0.2) is 5.17 Å². The summed E-state index contributed by atoms with van der Waals surface area (Å²) in [5.74, 6) is 1.15. The summed E-state index contributed by atoms with van der Waals surface area (Å²) in [4.78, 5) is 6.06. The average molecular weight is 268 g/mol. The van der Waals surface area contributed by atoms with E-state index >= 15 is 0 Å². The van der Waals surface area contributed by atoms with Crippen LogP contribution in [0.2, 0.25) is 0 Å². The van der Waals surface area contributed by atoms with Crippen LogP contribution in [0.25, 0.3) is 0 Å². The normalized spacial score (nSPS) is 20.8. The standard InChI is InChI=1S/C13H20N2S2/c1-4-10(11-6-5-7-16-11)15-12-14-8-13(2,3)9-17-12/h5-7,10H,4,8-9H2,1-3H3,(H,14,15). The number of hydrogen-bond acceptors (Lipinski definition) is 4. The summed E-state index contributed by atoms with van der Waals surface area (Å²) in [6.07, 6.45) is 1.10. The lowest BCUT2D eigenvalue weighted by Crippen LogP contribution is -2.33. The van der Waals surface area contributed by atoms with Crippen molar-refractivity contribution in [2.24, 2.45) is 10.4 Å². The van der Waals surface area contributed by atoms with Gasteiger partial charge >= 0.3 is 0 Å². The van der Waals surface area contributed by atoms with Crippen molar-refractivity contribution >= 4 is 28.3 Å². The molecule has 2 nitrogen and oxygen atoms in total. The summed E-state index contributed by atoms with van der Waals surface area (Å²) >= 11 is 3.67. The van der Waals surface area contributed by atoms with E-state index in [2.05, 4.69) is 48.6 Å². The Hall–Kier alpha value is -0.480. The van der Waals surface area contributed by atoms with Crippen LogP contribution in [0.4, 0.5) is 0 Å². The summed E-state index contributed by atoms with van der Waals surface area (Å²) in [7, 11) is 0. The van der Waals surface area contributed by atoms with Gasteiger partial charge in [0.1, 0.15) is 0 Å². The van der Waals surface area contributed by atoms with E-state index in [1.54, 1.807) is 0 Å². The van der Waals surface area contributed by atoms with Gasteiger partial charge in [-0.15, -0.1) is 11.3 Å². The maximum absolute atomic E-state index is 4.65. The lowest BCUT2D eigenvalue weighted by molar-refractivity contribution is 0.436. The number of thioether (sulfide) groups is 1. The molecule has 1 unspecified atom stereocenters. The average Bonchev–Trinajstić information content (AvgIpc) is 2.81. The molecule has 1 aliphatic rings. The highest BCUT2D eigenvalue weighted by Gasteiger charge is 2.24. The number of rotatable bonds is 3. The van der Waals surface area contributed by atoms with Crippen LogP contribution in [0.3, 0.4) is 0 Å². The minimum atomic E-state index is 0.348.